The summed E-state index contributed by atoms with van der Waals surface area (Å²) >= 11 is 1.46. The number of likely N-dealkylation sites (tertiary alicyclic amines) is 1. The van der Waals surface area contributed by atoms with Crippen LogP contribution in [-0.2, 0) is 4.79 Å². The van der Waals surface area contributed by atoms with Crippen LogP contribution in [0, 0.1) is 6.92 Å². The number of hydrogen-bond donors (Lipinski definition) is 0. The lowest BCUT2D eigenvalue weighted by Crippen LogP contribution is -2.42. The number of rotatable bonds is 4. The monoisotopic (exact) mass is 384 g/mol. The number of aromatic nitrogens is 3. The fourth-order valence-corrected chi connectivity index (χ4v) is 4.62. The van der Waals surface area contributed by atoms with E-state index in [9.17, 15) is 4.79 Å². The molecular formula is C20H24N4O2S. The number of fused-ring (bicyclic) bond motifs is 3. The Bertz CT molecular complexity index is 1000. The van der Waals surface area contributed by atoms with Crippen molar-refractivity contribution in [2.45, 2.75) is 44.3 Å². The molecule has 0 N–H and O–H groups in total. The lowest BCUT2D eigenvalue weighted by atomic mass is 10.0. The number of ether oxygens (including phenoxy) is 1. The second-order valence-electron chi connectivity index (χ2n) is 7.11. The molecule has 1 unspecified atom stereocenters. The lowest BCUT2D eigenvalue weighted by Gasteiger charge is -2.33. The third-order valence-corrected chi connectivity index (χ3v) is 6.20. The van der Waals surface area contributed by atoms with Gasteiger partial charge in [-0.2, -0.15) is 0 Å². The Kier molecular flexibility index (Phi) is 4.95. The molecule has 142 valence electrons. The molecule has 0 radical (unpaired) electrons. The molecule has 3 aromatic rings. The minimum absolute atomic E-state index is 0.183. The molecule has 1 aliphatic rings. The summed E-state index contributed by atoms with van der Waals surface area (Å²) < 4.78 is 7.39. The molecule has 7 heteroatoms. The summed E-state index contributed by atoms with van der Waals surface area (Å²) in [5.74, 6) is 1.39. The normalized spacial score (nSPS) is 17.6. The van der Waals surface area contributed by atoms with Gasteiger partial charge >= 0.3 is 0 Å². The van der Waals surface area contributed by atoms with Gasteiger partial charge in [-0.15, -0.1) is 10.2 Å². The number of amides is 1. The summed E-state index contributed by atoms with van der Waals surface area (Å²) in [5, 5.41) is 10.5. The zero-order valence-electron chi connectivity index (χ0n) is 15.9. The minimum Gasteiger partial charge on any atom is -0.497 e. The van der Waals surface area contributed by atoms with E-state index in [2.05, 4.69) is 23.2 Å². The van der Waals surface area contributed by atoms with E-state index in [4.69, 9.17) is 4.74 Å². The summed E-state index contributed by atoms with van der Waals surface area (Å²) in [6.45, 7) is 5.03. The van der Waals surface area contributed by atoms with Crippen LogP contribution in [0.5, 0.6) is 5.75 Å². The van der Waals surface area contributed by atoms with Crippen molar-refractivity contribution in [2.24, 2.45) is 0 Å². The predicted octanol–water partition coefficient (Wildman–Crippen LogP) is 3.69. The minimum atomic E-state index is 0.183. The van der Waals surface area contributed by atoms with Crippen LogP contribution in [-0.4, -0.2) is 50.9 Å². The quantitative estimate of drug-likeness (QED) is 0.642. The standard InChI is InChI=1S/C20H24N4O2S/c1-13-10-15-11-16(26-3)7-8-17(15)24-19(13)21-22-20(24)27-12-18(25)23-9-5-4-6-14(23)2/h7-8,10-11,14H,4-6,9,12H2,1-3H3. The van der Waals surface area contributed by atoms with Crippen LogP contribution >= 0.6 is 11.8 Å². The number of hydrogen-bond acceptors (Lipinski definition) is 5. The average molecular weight is 385 g/mol. The van der Waals surface area contributed by atoms with Gasteiger partial charge in [0.15, 0.2) is 10.8 Å². The summed E-state index contributed by atoms with van der Waals surface area (Å²) in [5.41, 5.74) is 2.89. The molecular weight excluding hydrogens is 360 g/mol. The van der Waals surface area contributed by atoms with Gasteiger partial charge < -0.3 is 9.64 Å². The molecule has 2 aromatic heterocycles. The van der Waals surface area contributed by atoms with Gasteiger partial charge in [-0.25, -0.2) is 0 Å². The smallest absolute Gasteiger partial charge is 0.233 e. The summed E-state index contributed by atoms with van der Waals surface area (Å²) in [4.78, 5) is 14.7. The highest BCUT2D eigenvalue weighted by atomic mass is 32.2. The van der Waals surface area contributed by atoms with Crippen molar-refractivity contribution in [3.05, 3.63) is 29.8 Å². The Morgan fingerprint density at radius 3 is 2.93 bits per heavy atom. The Morgan fingerprint density at radius 1 is 1.30 bits per heavy atom. The van der Waals surface area contributed by atoms with E-state index in [1.807, 2.05) is 34.4 Å². The van der Waals surface area contributed by atoms with Crippen molar-refractivity contribution in [1.82, 2.24) is 19.5 Å². The number of methoxy groups -OCH3 is 1. The first kappa shape index (κ1) is 18.1. The number of nitrogens with zero attached hydrogens (tertiary/aromatic N) is 4. The van der Waals surface area contributed by atoms with E-state index in [1.165, 1.54) is 18.2 Å². The van der Waals surface area contributed by atoms with E-state index in [1.54, 1.807) is 7.11 Å². The number of pyridine rings is 1. The van der Waals surface area contributed by atoms with Crippen LogP contribution in [0.4, 0.5) is 0 Å². The number of carbonyl (C=O) groups excluding carboxylic acids is 1. The van der Waals surface area contributed by atoms with Gasteiger partial charge in [0.1, 0.15) is 5.75 Å². The summed E-state index contributed by atoms with van der Waals surface area (Å²) in [7, 11) is 1.67. The number of piperidine rings is 1. The van der Waals surface area contributed by atoms with Crippen LogP contribution in [0.1, 0.15) is 31.7 Å². The molecule has 1 fully saturated rings. The highest BCUT2D eigenvalue weighted by Gasteiger charge is 2.24. The fourth-order valence-electron chi connectivity index (χ4n) is 3.79. The highest BCUT2D eigenvalue weighted by molar-refractivity contribution is 7.99. The van der Waals surface area contributed by atoms with Crippen LogP contribution in [0.15, 0.2) is 29.4 Å². The second-order valence-corrected chi connectivity index (χ2v) is 8.06. The maximum absolute atomic E-state index is 12.7. The van der Waals surface area contributed by atoms with E-state index in [-0.39, 0.29) is 5.91 Å². The third-order valence-electron chi connectivity index (χ3n) is 5.28. The average Bonchev–Trinajstić information content (AvgIpc) is 3.11. The first-order valence-electron chi connectivity index (χ1n) is 9.33. The van der Waals surface area contributed by atoms with Crippen molar-refractivity contribution in [3.63, 3.8) is 0 Å². The van der Waals surface area contributed by atoms with Gasteiger partial charge in [0, 0.05) is 18.0 Å². The zero-order chi connectivity index (χ0) is 19.0. The van der Waals surface area contributed by atoms with Gasteiger partial charge in [-0.3, -0.25) is 9.20 Å². The molecule has 1 aliphatic heterocycles. The van der Waals surface area contributed by atoms with Crippen LogP contribution in [0.25, 0.3) is 16.6 Å². The molecule has 1 atom stereocenters. The molecule has 1 amide bonds. The van der Waals surface area contributed by atoms with Gasteiger partial charge in [0.2, 0.25) is 5.91 Å². The second kappa shape index (κ2) is 7.38. The Hall–Kier alpha value is -2.28. The lowest BCUT2D eigenvalue weighted by molar-refractivity contribution is -0.131. The molecule has 6 nitrogen and oxygen atoms in total. The van der Waals surface area contributed by atoms with Gasteiger partial charge in [0.25, 0.3) is 0 Å². The fraction of sp³-hybridized carbons (Fsp3) is 0.450. The van der Waals surface area contributed by atoms with Crippen molar-refractivity contribution in [1.29, 1.82) is 0 Å². The number of benzene rings is 1. The molecule has 3 heterocycles. The Labute approximate surface area is 162 Å². The summed E-state index contributed by atoms with van der Waals surface area (Å²) in [6.07, 6.45) is 3.40. The van der Waals surface area contributed by atoms with Crippen molar-refractivity contribution in [3.8, 4) is 5.75 Å². The zero-order valence-corrected chi connectivity index (χ0v) is 16.8. The maximum atomic E-state index is 12.7. The van der Waals surface area contributed by atoms with E-state index in [0.29, 0.717) is 11.8 Å². The molecule has 0 spiro atoms. The molecule has 1 saturated heterocycles. The van der Waals surface area contributed by atoms with Gasteiger partial charge in [0.05, 0.1) is 18.4 Å². The largest absolute Gasteiger partial charge is 0.497 e. The number of carbonyl (C=O) groups is 1. The Balaban J connectivity index is 1.65. The SMILES string of the molecule is COc1ccc2c(c1)cc(C)c1nnc(SCC(=O)N3CCCCC3C)n12. The summed E-state index contributed by atoms with van der Waals surface area (Å²) in [6, 6.07) is 8.39. The van der Waals surface area contributed by atoms with E-state index in [0.717, 1.165) is 52.4 Å². The van der Waals surface area contributed by atoms with Crippen LogP contribution in [0.3, 0.4) is 0 Å². The van der Waals surface area contributed by atoms with E-state index < -0.39 is 0 Å². The Morgan fingerprint density at radius 2 is 2.15 bits per heavy atom. The molecule has 4 rings (SSSR count). The van der Waals surface area contributed by atoms with Crippen molar-refractivity contribution >= 4 is 34.2 Å². The molecule has 0 saturated carbocycles. The van der Waals surface area contributed by atoms with Crippen molar-refractivity contribution in [2.75, 3.05) is 19.4 Å². The topological polar surface area (TPSA) is 59.7 Å². The maximum Gasteiger partial charge on any atom is 0.233 e. The van der Waals surface area contributed by atoms with E-state index >= 15 is 0 Å². The molecule has 0 bridgehead atoms. The van der Waals surface area contributed by atoms with Crippen LogP contribution < -0.4 is 4.74 Å². The van der Waals surface area contributed by atoms with Crippen LogP contribution in [0.2, 0.25) is 0 Å². The number of thioether (sulfide) groups is 1. The molecule has 1 aromatic carbocycles. The number of aryl methyl sites for hydroxylation is 1. The van der Waals surface area contributed by atoms with Gasteiger partial charge in [-0.1, -0.05) is 11.8 Å². The van der Waals surface area contributed by atoms with Gasteiger partial charge in [-0.05, 0) is 62.9 Å². The molecule has 27 heavy (non-hydrogen) atoms. The third kappa shape index (κ3) is 3.36. The highest BCUT2D eigenvalue weighted by Crippen LogP contribution is 2.28. The predicted molar refractivity (Wildman–Crippen MR) is 108 cm³/mol. The molecule has 0 aliphatic carbocycles. The first-order chi connectivity index (χ1) is 13.1. The first-order valence-corrected chi connectivity index (χ1v) is 10.3. The van der Waals surface area contributed by atoms with Crippen molar-refractivity contribution < 1.29 is 9.53 Å².